The first-order valence-corrected chi connectivity index (χ1v) is 16.8. The number of rotatable bonds is 5. The fraction of sp³-hybridized carbons (Fsp3) is 0.400. The molecule has 3 nitrogen and oxygen atoms in total. The molecule has 2 aromatic carbocycles. The predicted molar refractivity (Wildman–Crippen MR) is 119 cm³/mol. The maximum absolute atomic E-state index is 9.46. The van der Waals surface area contributed by atoms with Crippen LogP contribution in [0.15, 0.2) is 48.5 Å². The van der Waals surface area contributed by atoms with E-state index in [1.807, 2.05) is 7.63 Å². The van der Waals surface area contributed by atoms with Gasteiger partial charge in [0.05, 0.1) is 0 Å². The van der Waals surface area contributed by atoms with E-state index in [1.165, 1.54) is 22.3 Å². The van der Waals surface area contributed by atoms with Gasteiger partial charge in [0.25, 0.3) is 0 Å². The zero-order valence-corrected chi connectivity index (χ0v) is 21.1. The third-order valence-electron chi connectivity index (χ3n) is 4.90. The van der Waals surface area contributed by atoms with Crippen LogP contribution in [0.3, 0.4) is 0 Å². The molecule has 0 spiro atoms. The second-order valence-corrected chi connectivity index (χ2v) is 23.7. The molecule has 7 heteroatoms. The van der Waals surface area contributed by atoms with E-state index in [0.717, 1.165) is 0 Å². The molecule has 1 aliphatic carbocycles. The quantitative estimate of drug-likeness (QED) is 0.655. The first kappa shape index (κ1) is 24.9. The number of nitrogens with one attached hydrogen (secondary N) is 1. The average molecular weight is 464 g/mol. The number of aliphatic hydroxyl groups excluding tert-OH is 1. The molecule has 150 valence electrons. The Kier molecular flexibility index (Phi) is 8.00. The van der Waals surface area contributed by atoms with Crippen LogP contribution in [-0.4, -0.2) is 31.5 Å². The number of fused-ring (bicyclic) bond motifs is 3. The summed E-state index contributed by atoms with van der Waals surface area (Å²) >= 11 is -3.70. The molecule has 0 saturated heterocycles. The van der Waals surface area contributed by atoms with Crippen LogP contribution in [0.1, 0.15) is 36.1 Å². The molecule has 0 atom stereocenters. The van der Waals surface area contributed by atoms with Crippen molar-refractivity contribution in [2.24, 2.45) is 0 Å². The third-order valence-corrected chi connectivity index (χ3v) is 15.3. The summed E-state index contributed by atoms with van der Waals surface area (Å²) in [5.74, 6) is 0. The van der Waals surface area contributed by atoms with Gasteiger partial charge in [-0.15, -0.1) is 24.8 Å². The first-order chi connectivity index (χ1) is 11.6. The standard InChI is InChI=1S/C13H9.C4H10N.C2H5O2.CH3.2ClH.H2Si.Ti/c1-3-7-12-10(5-1)9-11-6-2-4-8-13(11)12;1-4(2,3)5;3-1-2-4;;;;;/h1-9H;5H,1-3H3;3H,1-2H2;1H3;2*1H;1H2;/q;2*-1;;;;;+2. The van der Waals surface area contributed by atoms with Crippen molar-refractivity contribution in [1.82, 2.24) is 3.80 Å². The van der Waals surface area contributed by atoms with E-state index >= 15 is 0 Å². The summed E-state index contributed by atoms with van der Waals surface area (Å²) in [6.45, 7) is 7.02. The molecule has 27 heavy (non-hydrogen) atoms. The molecule has 0 unspecified atom stereocenters. The molecule has 0 heterocycles. The van der Waals surface area contributed by atoms with Crippen molar-refractivity contribution < 1.29 is 23.1 Å². The van der Waals surface area contributed by atoms with Gasteiger partial charge in [0.15, 0.2) is 0 Å². The second kappa shape index (κ2) is 8.68. The Morgan fingerprint density at radius 2 is 1.44 bits per heavy atom. The van der Waals surface area contributed by atoms with E-state index < -0.39 is 14.7 Å². The Hall–Kier alpha value is -0.169. The third kappa shape index (κ3) is 4.88. The summed E-state index contributed by atoms with van der Waals surface area (Å²) in [6.07, 6.45) is 0. The van der Waals surface area contributed by atoms with Gasteiger partial charge in [-0.05, 0) is 0 Å². The van der Waals surface area contributed by atoms with Crippen LogP contribution in [0.2, 0.25) is 5.23 Å². The molecule has 0 radical (unpaired) electrons. The summed E-state index contributed by atoms with van der Waals surface area (Å²) in [7, 11) is 2.04. The van der Waals surface area contributed by atoms with Crippen molar-refractivity contribution in [3.05, 3.63) is 59.7 Å². The molecule has 0 aliphatic heterocycles. The van der Waals surface area contributed by atoms with Gasteiger partial charge >= 0.3 is 154 Å². The van der Waals surface area contributed by atoms with Crippen LogP contribution in [0.25, 0.3) is 11.1 Å². The topological polar surface area (TPSA) is 41.5 Å². The Morgan fingerprint density at radius 3 is 1.85 bits per heavy atom. The Labute approximate surface area is 178 Å². The van der Waals surface area contributed by atoms with Crippen LogP contribution < -0.4 is 3.80 Å². The minimum atomic E-state index is -3.70. The van der Waals surface area contributed by atoms with Gasteiger partial charge < -0.3 is 0 Å². The van der Waals surface area contributed by atoms with Gasteiger partial charge in [-0.1, -0.05) is 0 Å². The Balaban J connectivity index is 0.00000182. The molecule has 0 bridgehead atoms. The van der Waals surface area contributed by atoms with Crippen LogP contribution in [0.4, 0.5) is 0 Å². The van der Waals surface area contributed by atoms with Crippen LogP contribution in [0.5, 0.6) is 0 Å². The van der Waals surface area contributed by atoms with Crippen molar-refractivity contribution in [2.75, 3.05) is 13.2 Å². The zero-order chi connectivity index (χ0) is 18.3. The average Bonchev–Trinajstić information content (AvgIpc) is 2.87. The van der Waals surface area contributed by atoms with Crippen molar-refractivity contribution in [2.45, 2.75) is 35.8 Å². The second-order valence-electron chi connectivity index (χ2n) is 8.54. The Morgan fingerprint density at radius 1 is 1.00 bits per heavy atom. The van der Waals surface area contributed by atoms with E-state index in [9.17, 15) is 5.11 Å². The number of hydrogen-bond acceptors (Lipinski definition) is 3. The van der Waals surface area contributed by atoms with Crippen molar-refractivity contribution in [1.29, 1.82) is 0 Å². The maximum Gasteiger partial charge on any atom is -0.147 e. The summed E-state index contributed by atoms with van der Waals surface area (Å²) in [4.78, 5) is 0. The van der Waals surface area contributed by atoms with Gasteiger partial charge in [0, 0.05) is 0 Å². The van der Waals surface area contributed by atoms with E-state index in [-0.39, 0.29) is 41.2 Å². The predicted octanol–water partition coefficient (Wildman–Crippen LogP) is 4.11. The van der Waals surface area contributed by atoms with Crippen LogP contribution >= 0.6 is 24.8 Å². The minimum absolute atomic E-state index is 0. The van der Waals surface area contributed by atoms with Crippen molar-refractivity contribution >= 4 is 32.4 Å². The molecule has 2 aromatic rings. The summed E-state index contributed by atoms with van der Waals surface area (Å²) in [5, 5.41) is 11.8. The van der Waals surface area contributed by atoms with Crippen molar-refractivity contribution in [3.63, 3.8) is 0 Å². The van der Waals surface area contributed by atoms with E-state index in [0.29, 0.717) is 6.61 Å². The molecular formula is C20H31Cl2NO2SiTi. The Bertz CT molecular complexity index is 824. The summed E-state index contributed by atoms with van der Waals surface area (Å²) in [5.41, 5.74) is 5.28. The number of hydrogen-bond donors (Lipinski definition) is 2. The van der Waals surface area contributed by atoms with Crippen LogP contribution in [-0.2, 0) is 18.0 Å². The fourth-order valence-electron chi connectivity index (χ4n) is 4.50. The normalized spacial score (nSPS) is 14.0. The maximum atomic E-state index is 9.46. The molecule has 1 aliphatic rings. The molecular weight excluding hydrogens is 433 g/mol. The molecule has 2 N–H and O–H groups in total. The van der Waals surface area contributed by atoms with Crippen LogP contribution in [0, 0.1) is 0 Å². The van der Waals surface area contributed by atoms with E-state index in [1.54, 1.807) is 0 Å². The minimum Gasteiger partial charge on any atom is -0.147 e. The first-order valence-electron chi connectivity index (χ1n) is 8.93. The van der Waals surface area contributed by atoms with Gasteiger partial charge in [-0.3, -0.25) is 0 Å². The summed E-state index contributed by atoms with van der Waals surface area (Å²) in [6, 6.07) is 17.4. The zero-order valence-electron chi connectivity index (χ0n) is 16.5. The number of aliphatic hydroxyl groups is 1. The fourth-order valence-corrected chi connectivity index (χ4v) is 17.2. The molecule has 0 amide bonds. The molecule has 0 saturated carbocycles. The number of benzene rings is 2. The SMILES string of the molecule is CC(C)(C)[NH][Ti]([CH3])(=[SiH2])([O]CCO)[CH]1c2ccccc2-c2ccccc21.Cl.Cl. The van der Waals surface area contributed by atoms with Gasteiger partial charge in [-0.25, -0.2) is 0 Å². The number of halogens is 2. The summed E-state index contributed by atoms with van der Waals surface area (Å²) < 4.78 is 10.8. The van der Waals surface area contributed by atoms with Crippen molar-refractivity contribution in [3.8, 4) is 11.1 Å². The molecule has 0 aromatic heterocycles. The van der Waals surface area contributed by atoms with E-state index in [4.69, 9.17) is 3.32 Å². The van der Waals surface area contributed by atoms with Gasteiger partial charge in [-0.2, -0.15) is 0 Å². The largest absolute Gasteiger partial charge is 0.147 e. The van der Waals surface area contributed by atoms with E-state index in [2.05, 4.69) is 78.3 Å². The molecule has 3 rings (SSSR count). The smallest absolute Gasteiger partial charge is 0.147 e. The monoisotopic (exact) mass is 463 g/mol. The van der Waals surface area contributed by atoms with Gasteiger partial charge in [0.1, 0.15) is 0 Å². The molecule has 0 fully saturated rings. The van der Waals surface area contributed by atoms with Gasteiger partial charge in [0.2, 0.25) is 0 Å².